The largest absolute Gasteiger partial charge is 0.497 e. The first-order chi connectivity index (χ1) is 7.64. The van der Waals surface area contributed by atoms with Crippen LogP contribution in [0.2, 0.25) is 0 Å². The van der Waals surface area contributed by atoms with Crippen LogP contribution in [0, 0.1) is 0 Å². The minimum Gasteiger partial charge on any atom is -0.497 e. The number of ether oxygens (including phenoxy) is 2. The number of benzene rings is 1. The molecule has 0 saturated carbocycles. The smallest absolute Gasteiger partial charge is 0.126 e. The summed E-state index contributed by atoms with van der Waals surface area (Å²) >= 11 is 0. The van der Waals surface area contributed by atoms with Gasteiger partial charge in [0, 0.05) is 18.2 Å². The van der Waals surface area contributed by atoms with E-state index >= 15 is 0 Å². The fraction of sp³-hybridized carbons (Fsp3) is 0.500. The van der Waals surface area contributed by atoms with E-state index in [0.29, 0.717) is 12.2 Å². The number of hydrogen-bond acceptors (Lipinski definition) is 4. The minimum atomic E-state index is -0.933. The van der Waals surface area contributed by atoms with Crippen LogP contribution in [-0.2, 0) is 12.0 Å². The molecule has 0 amide bonds. The Morgan fingerprint density at radius 1 is 1.38 bits per heavy atom. The predicted octanol–water partition coefficient (Wildman–Crippen LogP) is 0.796. The van der Waals surface area contributed by atoms with Crippen LogP contribution in [0.15, 0.2) is 12.1 Å². The number of rotatable bonds is 3. The third kappa shape index (κ3) is 1.54. The van der Waals surface area contributed by atoms with Crippen molar-refractivity contribution < 1.29 is 14.6 Å². The summed E-state index contributed by atoms with van der Waals surface area (Å²) in [5.41, 5.74) is 6.58. The Morgan fingerprint density at radius 2 is 2.12 bits per heavy atom. The van der Waals surface area contributed by atoms with Crippen molar-refractivity contribution in [2.45, 2.75) is 18.4 Å². The highest BCUT2D eigenvalue weighted by atomic mass is 16.5. The number of hydrogen-bond donors (Lipinski definition) is 2. The maximum atomic E-state index is 10.4. The van der Waals surface area contributed by atoms with Gasteiger partial charge in [-0.1, -0.05) is 0 Å². The number of aliphatic hydroxyl groups is 1. The molecule has 0 saturated heterocycles. The maximum Gasteiger partial charge on any atom is 0.126 e. The molecule has 1 aromatic carbocycles. The number of nitrogens with two attached hydrogens (primary N) is 1. The molecule has 1 unspecified atom stereocenters. The van der Waals surface area contributed by atoms with Crippen LogP contribution < -0.4 is 15.2 Å². The standard InChI is InChI=1S/C12H17NO3/c1-15-8-5-10-9(11(6-8)16-2)3-4-12(10,14)7-13/h5-6,14H,3-4,7,13H2,1-2H3. The van der Waals surface area contributed by atoms with Crippen LogP contribution in [0.3, 0.4) is 0 Å². The highest BCUT2D eigenvalue weighted by Crippen LogP contribution is 2.43. The van der Waals surface area contributed by atoms with E-state index in [-0.39, 0.29) is 6.54 Å². The third-order valence-corrected chi connectivity index (χ3v) is 3.27. The molecule has 3 N–H and O–H groups in total. The molecule has 4 nitrogen and oxygen atoms in total. The summed E-state index contributed by atoms with van der Waals surface area (Å²) in [4.78, 5) is 0. The van der Waals surface area contributed by atoms with Gasteiger partial charge in [-0.3, -0.25) is 0 Å². The molecule has 0 spiro atoms. The quantitative estimate of drug-likeness (QED) is 0.795. The lowest BCUT2D eigenvalue weighted by molar-refractivity contribution is 0.0479. The second-order valence-corrected chi connectivity index (χ2v) is 4.09. The SMILES string of the molecule is COc1cc(OC)c2c(c1)C(O)(CN)CC2. The van der Waals surface area contributed by atoms with E-state index in [9.17, 15) is 5.11 Å². The molecule has 1 aromatic rings. The third-order valence-electron chi connectivity index (χ3n) is 3.27. The molecule has 0 fully saturated rings. The Balaban J connectivity index is 2.57. The van der Waals surface area contributed by atoms with Gasteiger partial charge in [-0.25, -0.2) is 0 Å². The van der Waals surface area contributed by atoms with Gasteiger partial charge in [0.15, 0.2) is 0 Å². The predicted molar refractivity (Wildman–Crippen MR) is 60.8 cm³/mol. The zero-order valence-electron chi connectivity index (χ0n) is 9.62. The number of methoxy groups -OCH3 is 2. The molecular weight excluding hydrogens is 206 g/mol. The second-order valence-electron chi connectivity index (χ2n) is 4.09. The van der Waals surface area contributed by atoms with E-state index in [4.69, 9.17) is 15.2 Å². The summed E-state index contributed by atoms with van der Waals surface area (Å²) in [6.45, 7) is 0.219. The average Bonchev–Trinajstić information content (AvgIpc) is 2.67. The summed E-state index contributed by atoms with van der Waals surface area (Å²) in [7, 11) is 3.21. The van der Waals surface area contributed by atoms with Gasteiger partial charge in [-0.05, 0) is 24.5 Å². The normalized spacial score (nSPS) is 23.0. The van der Waals surface area contributed by atoms with Gasteiger partial charge in [0.05, 0.1) is 14.2 Å². The molecule has 0 radical (unpaired) electrons. The summed E-state index contributed by atoms with van der Waals surface area (Å²) in [6.07, 6.45) is 1.43. The van der Waals surface area contributed by atoms with Gasteiger partial charge in [0.25, 0.3) is 0 Å². The highest BCUT2D eigenvalue weighted by Gasteiger charge is 2.37. The van der Waals surface area contributed by atoms with Crippen LogP contribution in [0.5, 0.6) is 11.5 Å². The van der Waals surface area contributed by atoms with Crippen molar-refractivity contribution in [2.75, 3.05) is 20.8 Å². The van der Waals surface area contributed by atoms with Crippen LogP contribution >= 0.6 is 0 Å². The average molecular weight is 223 g/mol. The van der Waals surface area contributed by atoms with Gasteiger partial charge in [0.1, 0.15) is 17.1 Å². The number of fused-ring (bicyclic) bond motifs is 1. The maximum absolute atomic E-state index is 10.4. The Bertz CT molecular complexity index is 405. The van der Waals surface area contributed by atoms with Gasteiger partial charge >= 0.3 is 0 Å². The molecular formula is C12H17NO3. The molecule has 0 heterocycles. The first-order valence-corrected chi connectivity index (χ1v) is 5.32. The van der Waals surface area contributed by atoms with E-state index in [2.05, 4.69) is 0 Å². The first-order valence-electron chi connectivity index (χ1n) is 5.32. The van der Waals surface area contributed by atoms with Crippen molar-refractivity contribution >= 4 is 0 Å². The highest BCUT2D eigenvalue weighted by molar-refractivity contribution is 5.51. The van der Waals surface area contributed by atoms with E-state index in [1.807, 2.05) is 12.1 Å². The lowest BCUT2D eigenvalue weighted by Gasteiger charge is -2.22. The molecule has 88 valence electrons. The lowest BCUT2D eigenvalue weighted by Crippen LogP contribution is -2.32. The van der Waals surface area contributed by atoms with E-state index in [1.54, 1.807) is 14.2 Å². The monoisotopic (exact) mass is 223 g/mol. The molecule has 4 heteroatoms. The molecule has 0 bridgehead atoms. The van der Waals surface area contributed by atoms with Crippen molar-refractivity contribution in [1.29, 1.82) is 0 Å². The van der Waals surface area contributed by atoms with Crippen molar-refractivity contribution in [3.63, 3.8) is 0 Å². The second kappa shape index (κ2) is 3.96. The Morgan fingerprint density at radius 3 is 2.69 bits per heavy atom. The zero-order chi connectivity index (χ0) is 11.8. The Kier molecular flexibility index (Phi) is 2.78. The minimum absolute atomic E-state index is 0.219. The van der Waals surface area contributed by atoms with Gasteiger partial charge in [0.2, 0.25) is 0 Å². The summed E-state index contributed by atoms with van der Waals surface area (Å²) in [5, 5.41) is 10.4. The van der Waals surface area contributed by atoms with Crippen LogP contribution in [0.1, 0.15) is 17.5 Å². The van der Waals surface area contributed by atoms with Gasteiger partial charge in [-0.15, -0.1) is 0 Å². The van der Waals surface area contributed by atoms with Crippen LogP contribution in [-0.4, -0.2) is 25.9 Å². The summed E-state index contributed by atoms with van der Waals surface area (Å²) in [5.74, 6) is 1.45. The molecule has 0 aliphatic heterocycles. The van der Waals surface area contributed by atoms with E-state index < -0.39 is 5.60 Å². The topological polar surface area (TPSA) is 64.7 Å². The molecule has 2 rings (SSSR count). The van der Waals surface area contributed by atoms with Crippen LogP contribution in [0.4, 0.5) is 0 Å². The van der Waals surface area contributed by atoms with Gasteiger partial charge < -0.3 is 20.3 Å². The molecule has 1 atom stereocenters. The fourth-order valence-electron chi connectivity index (χ4n) is 2.27. The fourth-order valence-corrected chi connectivity index (χ4v) is 2.27. The van der Waals surface area contributed by atoms with Crippen LogP contribution in [0.25, 0.3) is 0 Å². The van der Waals surface area contributed by atoms with E-state index in [0.717, 1.165) is 23.3 Å². The van der Waals surface area contributed by atoms with E-state index in [1.165, 1.54) is 0 Å². The van der Waals surface area contributed by atoms with Crippen molar-refractivity contribution in [1.82, 2.24) is 0 Å². The molecule has 1 aliphatic carbocycles. The Hall–Kier alpha value is -1.26. The van der Waals surface area contributed by atoms with Gasteiger partial charge in [-0.2, -0.15) is 0 Å². The summed E-state index contributed by atoms with van der Waals surface area (Å²) in [6, 6.07) is 3.68. The van der Waals surface area contributed by atoms with Crippen molar-refractivity contribution in [2.24, 2.45) is 5.73 Å². The zero-order valence-corrected chi connectivity index (χ0v) is 9.62. The molecule has 16 heavy (non-hydrogen) atoms. The molecule has 1 aliphatic rings. The Labute approximate surface area is 95.0 Å². The first kappa shape index (κ1) is 11.2. The molecule has 0 aromatic heterocycles. The van der Waals surface area contributed by atoms with Crippen molar-refractivity contribution in [3.05, 3.63) is 23.3 Å². The van der Waals surface area contributed by atoms with Crippen molar-refractivity contribution in [3.8, 4) is 11.5 Å². The summed E-state index contributed by atoms with van der Waals surface area (Å²) < 4.78 is 10.5. The lowest BCUT2D eigenvalue weighted by atomic mass is 9.96.